The standard InChI is InChI=1S/C47H28N6O2/c1-3-13-29(14-4-1)43-50-44(30-23-24-40-36(28-30)35-17-7-10-20-39(35)53(40)34-15-5-2-6-16-34)52-45(51-43)31-25-32(46-48-37-18-8-11-21-41(37)54-46)27-33(26-31)47-49-38-19-9-12-22-42(38)55-47/h1-28H. The largest absolute Gasteiger partial charge is 0.436 e. The van der Waals surface area contributed by atoms with Gasteiger partial charge in [-0.1, -0.05) is 91.0 Å². The maximum Gasteiger partial charge on any atom is 0.227 e. The normalized spacial score (nSPS) is 11.6. The van der Waals surface area contributed by atoms with Crippen LogP contribution >= 0.6 is 0 Å². The van der Waals surface area contributed by atoms with Gasteiger partial charge in [-0.15, -0.1) is 0 Å². The Kier molecular flexibility index (Phi) is 6.99. The molecule has 0 bridgehead atoms. The molecule has 8 nitrogen and oxygen atoms in total. The summed E-state index contributed by atoms with van der Waals surface area (Å²) in [6.07, 6.45) is 0. The van der Waals surface area contributed by atoms with Gasteiger partial charge in [0, 0.05) is 44.3 Å². The van der Waals surface area contributed by atoms with E-state index in [2.05, 4.69) is 71.3 Å². The summed E-state index contributed by atoms with van der Waals surface area (Å²) in [5.41, 5.74) is 10.2. The summed E-state index contributed by atoms with van der Waals surface area (Å²) in [5, 5.41) is 2.26. The van der Waals surface area contributed by atoms with Crippen molar-refractivity contribution in [3.8, 4) is 62.8 Å². The molecule has 0 aliphatic carbocycles. The second-order valence-electron chi connectivity index (χ2n) is 13.4. The summed E-state index contributed by atoms with van der Waals surface area (Å²) >= 11 is 0. The van der Waals surface area contributed by atoms with Crippen LogP contribution in [0.4, 0.5) is 0 Å². The third-order valence-corrected chi connectivity index (χ3v) is 9.89. The highest BCUT2D eigenvalue weighted by molar-refractivity contribution is 6.10. The van der Waals surface area contributed by atoms with Gasteiger partial charge in [-0.25, -0.2) is 24.9 Å². The lowest BCUT2D eigenvalue weighted by molar-refractivity contribution is 0.617. The lowest BCUT2D eigenvalue weighted by atomic mass is 10.0. The van der Waals surface area contributed by atoms with E-state index in [1.54, 1.807) is 0 Å². The number of oxazole rings is 2. The fourth-order valence-electron chi connectivity index (χ4n) is 7.31. The van der Waals surface area contributed by atoms with E-state index < -0.39 is 0 Å². The first kappa shape index (κ1) is 30.9. The van der Waals surface area contributed by atoms with Crippen molar-refractivity contribution >= 4 is 44.0 Å². The summed E-state index contributed by atoms with van der Waals surface area (Å²) < 4.78 is 14.8. The average Bonchev–Trinajstić information content (AvgIpc) is 3.98. The molecule has 55 heavy (non-hydrogen) atoms. The molecule has 258 valence electrons. The summed E-state index contributed by atoms with van der Waals surface area (Å²) in [4.78, 5) is 25.0. The quantitative estimate of drug-likeness (QED) is 0.170. The van der Waals surface area contributed by atoms with Crippen molar-refractivity contribution in [3.63, 3.8) is 0 Å². The van der Waals surface area contributed by atoms with Gasteiger partial charge in [0.15, 0.2) is 28.6 Å². The molecule has 0 N–H and O–H groups in total. The van der Waals surface area contributed by atoms with Crippen molar-refractivity contribution in [1.82, 2.24) is 29.5 Å². The molecule has 11 aromatic rings. The van der Waals surface area contributed by atoms with E-state index in [-0.39, 0.29) is 0 Å². The van der Waals surface area contributed by atoms with E-state index in [9.17, 15) is 0 Å². The minimum Gasteiger partial charge on any atom is -0.436 e. The van der Waals surface area contributed by atoms with E-state index >= 15 is 0 Å². The van der Waals surface area contributed by atoms with Gasteiger partial charge in [0.25, 0.3) is 0 Å². The smallest absolute Gasteiger partial charge is 0.227 e. The van der Waals surface area contributed by atoms with Crippen LogP contribution in [-0.4, -0.2) is 29.5 Å². The van der Waals surface area contributed by atoms with Gasteiger partial charge in [0.05, 0.1) is 11.0 Å². The number of rotatable bonds is 6. The van der Waals surface area contributed by atoms with Crippen LogP contribution in [0.5, 0.6) is 0 Å². The van der Waals surface area contributed by atoms with Gasteiger partial charge in [0.2, 0.25) is 11.8 Å². The van der Waals surface area contributed by atoms with Crippen LogP contribution < -0.4 is 0 Å². The Hall–Kier alpha value is -7.71. The maximum atomic E-state index is 6.27. The Morgan fingerprint density at radius 2 is 0.855 bits per heavy atom. The molecule has 11 rings (SSSR count). The molecular formula is C47H28N6O2. The first-order chi connectivity index (χ1) is 27.2. The summed E-state index contributed by atoms with van der Waals surface area (Å²) in [6, 6.07) is 56.8. The molecule has 4 heterocycles. The molecule has 0 atom stereocenters. The fraction of sp³-hybridized carbons (Fsp3) is 0. The van der Waals surface area contributed by atoms with Gasteiger partial charge in [-0.05, 0) is 78.9 Å². The molecular weight excluding hydrogens is 681 g/mol. The van der Waals surface area contributed by atoms with Gasteiger partial charge in [0.1, 0.15) is 11.0 Å². The highest BCUT2D eigenvalue weighted by atomic mass is 16.4. The zero-order chi connectivity index (χ0) is 36.3. The van der Waals surface area contributed by atoms with Crippen LogP contribution in [0.3, 0.4) is 0 Å². The van der Waals surface area contributed by atoms with Crippen molar-refractivity contribution in [1.29, 1.82) is 0 Å². The Labute approximate surface area is 314 Å². The number of nitrogens with zero attached hydrogens (tertiary/aromatic N) is 6. The van der Waals surface area contributed by atoms with Crippen molar-refractivity contribution in [3.05, 3.63) is 170 Å². The highest BCUT2D eigenvalue weighted by Crippen LogP contribution is 2.37. The van der Waals surface area contributed by atoms with Gasteiger partial charge in [-0.3, -0.25) is 0 Å². The van der Waals surface area contributed by atoms with E-state index in [4.69, 9.17) is 33.8 Å². The predicted molar refractivity (Wildman–Crippen MR) is 216 cm³/mol. The van der Waals surface area contributed by atoms with Crippen LogP contribution in [0.25, 0.3) is 107 Å². The monoisotopic (exact) mass is 708 g/mol. The van der Waals surface area contributed by atoms with E-state index in [1.807, 2.05) is 103 Å². The number of hydrogen-bond donors (Lipinski definition) is 0. The van der Waals surface area contributed by atoms with Crippen LogP contribution in [-0.2, 0) is 0 Å². The van der Waals surface area contributed by atoms with Gasteiger partial charge < -0.3 is 13.4 Å². The molecule has 0 saturated carbocycles. The minimum absolute atomic E-state index is 0.471. The van der Waals surface area contributed by atoms with Crippen molar-refractivity contribution in [2.24, 2.45) is 0 Å². The Balaban J connectivity index is 1.13. The van der Waals surface area contributed by atoms with Crippen LogP contribution in [0.15, 0.2) is 179 Å². The average molecular weight is 709 g/mol. The van der Waals surface area contributed by atoms with Crippen molar-refractivity contribution in [2.45, 2.75) is 0 Å². The summed E-state index contributed by atoms with van der Waals surface area (Å²) in [7, 11) is 0. The zero-order valence-corrected chi connectivity index (χ0v) is 29.2. The molecule has 0 aliphatic heterocycles. The molecule has 0 spiro atoms. The molecule has 0 amide bonds. The zero-order valence-electron chi connectivity index (χ0n) is 29.2. The van der Waals surface area contributed by atoms with Crippen molar-refractivity contribution in [2.75, 3.05) is 0 Å². The number of para-hydroxylation sites is 6. The maximum absolute atomic E-state index is 6.27. The highest BCUT2D eigenvalue weighted by Gasteiger charge is 2.20. The Morgan fingerprint density at radius 3 is 1.51 bits per heavy atom. The molecule has 0 radical (unpaired) electrons. The predicted octanol–water partition coefficient (Wildman–Crippen LogP) is 11.6. The second kappa shape index (κ2) is 12.5. The number of benzene rings is 7. The molecule has 0 saturated heterocycles. The SMILES string of the molecule is c1ccc(-c2nc(-c3cc(-c4nc5ccccc5o4)cc(-c4nc5ccccc5o4)c3)nc(-c3ccc4c(c3)c3ccccc3n4-c3ccccc3)n2)cc1. The summed E-state index contributed by atoms with van der Waals surface area (Å²) in [6.45, 7) is 0. The Morgan fingerprint density at radius 1 is 0.345 bits per heavy atom. The van der Waals surface area contributed by atoms with Crippen LogP contribution in [0.2, 0.25) is 0 Å². The number of aromatic nitrogens is 6. The fourth-order valence-corrected chi connectivity index (χ4v) is 7.31. The first-order valence-electron chi connectivity index (χ1n) is 18.0. The number of fused-ring (bicyclic) bond motifs is 5. The van der Waals surface area contributed by atoms with E-state index in [1.165, 1.54) is 0 Å². The molecule has 0 unspecified atom stereocenters. The van der Waals surface area contributed by atoms with Gasteiger partial charge >= 0.3 is 0 Å². The van der Waals surface area contributed by atoms with Crippen molar-refractivity contribution < 1.29 is 8.83 Å². The molecule has 4 aromatic heterocycles. The number of hydrogen-bond acceptors (Lipinski definition) is 7. The lowest BCUT2D eigenvalue weighted by Gasteiger charge is -2.11. The van der Waals surface area contributed by atoms with Crippen LogP contribution in [0, 0.1) is 0 Å². The lowest BCUT2D eigenvalue weighted by Crippen LogP contribution is -2.01. The Bertz CT molecular complexity index is 3060. The minimum atomic E-state index is 0.471. The third-order valence-electron chi connectivity index (χ3n) is 9.89. The molecule has 7 aromatic carbocycles. The summed E-state index contributed by atoms with van der Waals surface area (Å²) in [5.74, 6) is 2.54. The van der Waals surface area contributed by atoms with Crippen LogP contribution in [0.1, 0.15) is 0 Å². The molecule has 8 heteroatoms. The van der Waals surface area contributed by atoms with Gasteiger partial charge in [-0.2, -0.15) is 0 Å². The van der Waals surface area contributed by atoms with E-state index in [0.29, 0.717) is 40.4 Å². The van der Waals surface area contributed by atoms with E-state index in [0.717, 1.165) is 66.3 Å². The topological polar surface area (TPSA) is 95.7 Å². The molecule has 0 fully saturated rings. The first-order valence-corrected chi connectivity index (χ1v) is 18.0. The molecule has 0 aliphatic rings. The second-order valence-corrected chi connectivity index (χ2v) is 13.4. The third kappa shape index (κ3) is 5.35.